The minimum atomic E-state index is -0.265. The fraction of sp³-hybridized carbons (Fsp3) is 0.588. The highest BCUT2D eigenvalue weighted by molar-refractivity contribution is 6.62. The van der Waals surface area contributed by atoms with Gasteiger partial charge in [0.1, 0.15) is 0 Å². The molecule has 1 aliphatic heterocycles. The van der Waals surface area contributed by atoms with Crippen LogP contribution in [-0.4, -0.2) is 29.9 Å². The molecule has 0 aromatic heterocycles. The van der Waals surface area contributed by atoms with Gasteiger partial charge in [-0.15, -0.1) is 0 Å². The lowest BCUT2D eigenvalue weighted by Crippen LogP contribution is -2.41. The van der Waals surface area contributed by atoms with Crippen molar-refractivity contribution in [3.8, 4) is 0 Å². The van der Waals surface area contributed by atoms with Crippen LogP contribution in [-0.2, 0) is 20.5 Å². The number of rotatable bonds is 4. The summed E-state index contributed by atoms with van der Waals surface area (Å²) in [6.45, 7) is 10.3. The molecule has 22 heavy (non-hydrogen) atoms. The van der Waals surface area contributed by atoms with Gasteiger partial charge in [-0.05, 0) is 51.6 Å². The Labute approximate surface area is 134 Å². The molecule has 1 N–H and O–H groups in total. The number of hydrogen-bond acceptors (Lipinski definition) is 3. The summed E-state index contributed by atoms with van der Waals surface area (Å²) in [6.07, 6.45) is 3.63. The van der Waals surface area contributed by atoms with E-state index < -0.39 is 0 Å². The van der Waals surface area contributed by atoms with Crippen LogP contribution in [0.2, 0.25) is 0 Å². The van der Waals surface area contributed by atoms with Crippen molar-refractivity contribution < 1.29 is 19.2 Å². The van der Waals surface area contributed by atoms with Crippen molar-refractivity contribution in [2.45, 2.75) is 65.1 Å². The van der Waals surface area contributed by atoms with Crippen LogP contribution in [0.4, 0.5) is 0 Å². The van der Waals surface area contributed by atoms with Crippen LogP contribution in [0.15, 0.2) is 24.3 Å². The zero-order valence-corrected chi connectivity index (χ0v) is 14.3. The molecule has 1 fully saturated rings. The molecule has 0 radical (unpaired) electrons. The highest BCUT2D eigenvalue weighted by Gasteiger charge is 2.51. The second-order valence-electron chi connectivity index (χ2n) is 6.54. The van der Waals surface area contributed by atoms with Crippen LogP contribution >= 0.6 is 0 Å². The molecule has 0 bridgehead atoms. The molecule has 122 valence electrons. The third-order valence-corrected chi connectivity index (χ3v) is 4.32. The van der Waals surface area contributed by atoms with Crippen molar-refractivity contribution in [3.63, 3.8) is 0 Å². The van der Waals surface area contributed by atoms with Gasteiger partial charge in [-0.2, -0.15) is 0 Å². The predicted molar refractivity (Wildman–Crippen MR) is 89.5 cm³/mol. The Morgan fingerprint density at radius 1 is 1.09 bits per heavy atom. The lowest BCUT2D eigenvalue weighted by atomic mass is 9.78. The van der Waals surface area contributed by atoms with E-state index in [0.717, 1.165) is 11.9 Å². The minimum Gasteiger partial charge on any atom is -0.483 e. The normalized spacial score (nSPS) is 18.5. The molecule has 4 nitrogen and oxygen atoms in total. The average Bonchev–Trinajstić information content (AvgIpc) is 2.67. The topological polar surface area (TPSA) is 55.8 Å². The molecule has 1 aliphatic rings. The SMILES string of the molecule is CCCCc1ccc(B2OC(C)(C)C(C)(C)O2)cc1.O=CO. The van der Waals surface area contributed by atoms with Crippen LogP contribution in [0.25, 0.3) is 0 Å². The Balaban J connectivity index is 0.000000745. The molecule has 0 aliphatic carbocycles. The number of unbranched alkanes of at least 4 members (excludes halogenated alkanes) is 1. The van der Waals surface area contributed by atoms with Gasteiger partial charge in [-0.3, -0.25) is 4.79 Å². The first kappa shape index (κ1) is 18.7. The van der Waals surface area contributed by atoms with Crippen molar-refractivity contribution in [3.05, 3.63) is 29.8 Å². The van der Waals surface area contributed by atoms with Crippen LogP contribution in [0.1, 0.15) is 53.0 Å². The van der Waals surface area contributed by atoms with Crippen molar-refractivity contribution in [1.29, 1.82) is 0 Å². The first-order valence-electron chi connectivity index (χ1n) is 7.79. The van der Waals surface area contributed by atoms with Gasteiger partial charge in [0.25, 0.3) is 6.47 Å². The van der Waals surface area contributed by atoms with Crippen LogP contribution < -0.4 is 5.46 Å². The molecule has 5 heteroatoms. The number of benzene rings is 1. The number of carbonyl (C=O) groups is 1. The summed E-state index contributed by atoms with van der Waals surface area (Å²) >= 11 is 0. The molecule has 1 aromatic rings. The predicted octanol–water partition coefficient (Wildman–Crippen LogP) is 3.03. The first-order valence-corrected chi connectivity index (χ1v) is 7.79. The second kappa shape index (κ2) is 7.79. The van der Waals surface area contributed by atoms with Gasteiger partial charge in [0.2, 0.25) is 0 Å². The molecule has 1 saturated heterocycles. The van der Waals surface area contributed by atoms with Crippen LogP contribution in [0.5, 0.6) is 0 Å². The summed E-state index contributed by atoms with van der Waals surface area (Å²) in [4.78, 5) is 8.36. The Kier molecular flexibility index (Phi) is 6.63. The third-order valence-electron chi connectivity index (χ3n) is 4.32. The largest absolute Gasteiger partial charge is 0.494 e. The number of hydrogen-bond donors (Lipinski definition) is 1. The van der Waals surface area contributed by atoms with Gasteiger partial charge in [-0.1, -0.05) is 37.6 Å². The maximum Gasteiger partial charge on any atom is 0.494 e. The maximum absolute atomic E-state index is 8.36. The highest BCUT2D eigenvalue weighted by atomic mass is 16.7. The lowest BCUT2D eigenvalue weighted by Gasteiger charge is -2.32. The van der Waals surface area contributed by atoms with E-state index in [1.54, 1.807) is 0 Å². The molecule has 1 aromatic carbocycles. The molecule has 2 rings (SSSR count). The van der Waals surface area contributed by atoms with Gasteiger partial charge >= 0.3 is 7.12 Å². The van der Waals surface area contributed by atoms with Crippen molar-refractivity contribution in [2.75, 3.05) is 0 Å². The van der Waals surface area contributed by atoms with E-state index in [2.05, 4.69) is 58.9 Å². The van der Waals surface area contributed by atoms with Crippen LogP contribution in [0, 0.1) is 0 Å². The number of carboxylic acid groups (broad SMARTS) is 1. The number of aryl methyl sites for hydroxylation is 1. The van der Waals surface area contributed by atoms with Gasteiger partial charge in [0.05, 0.1) is 11.2 Å². The van der Waals surface area contributed by atoms with E-state index in [9.17, 15) is 0 Å². The Morgan fingerprint density at radius 2 is 1.55 bits per heavy atom. The second-order valence-corrected chi connectivity index (χ2v) is 6.54. The summed E-state index contributed by atoms with van der Waals surface area (Å²) in [5, 5.41) is 6.89. The Bertz CT molecular complexity index is 452. The monoisotopic (exact) mass is 306 g/mol. The Morgan fingerprint density at radius 3 is 1.95 bits per heavy atom. The quantitative estimate of drug-likeness (QED) is 0.686. The summed E-state index contributed by atoms with van der Waals surface area (Å²) in [7, 11) is -0.245. The van der Waals surface area contributed by atoms with Crippen LogP contribution in [0.3, 0.4) is 0 Å². The van der Waals surface area contributed by atoms with E-state index in [-0.39, 0.29) is 24.8 Å². The molecular weight excluding hydrogens is 279 g/mol. The van der Waals surface area contributed by atoms with Gasteiger partial charge in [-0.25, -0.2) is 0 Å². The molecule has 0 amide bonds. The van der Waals surface area contributed by atoms with E-state index in [1.165, 1.54) is 18.4 Å². The highest BCUT2D eigenvalue weighted by Crippen LogP contribution is 2.36. The molecule has 1 heterocycles. The fourth-order valence-electron chi connectivity index (χ4n) is 2.20. The van der Waals surface area contributed by atoms with E-state index in [4.69, 9.17) is 19.2 Å². The molecule has 0 atom stereocenters. The summed E-state index contributed by atoms with van der Waals surface area (Å²) in [6, 6.07) is 8.65. The Hall–Kier alpha value is -1.33. The molecule has 0 spiro atoms. The lowest BCUT2D eigenvalue weighted by molar-refractivity contribution is -0.122. The third kappa shape index (κ3) is 4.58. The van der Waals surface area contributed by atoms with Gasteiger partial charge in [0.15, 0.2) is 0 Å². The standard InChI is InChI=1S/C16H25BO2.CH2O2/c1-6-7-8-13-9-11-14(12-10-13)17-18-15(2,3)16(4,5)19-17;2-1-3/h9-12H,6-8H2,1-5H3;1H,(H,2,3). The van der Waals surface area contributed by atoms with E-state index in [0.29, 0.717) is 0 Å². The molecule has 0 unspecified atom stereocenters. The van der Waals surface area contributed by atoms with Gasteiger partial charge < -0.3 is 14.4 Å². The van der Waals surface area contributed by atoms with Crippen molar-refractivity contribution >= 4 is 19.1 Å². The summed E-state index contributed by atoms with van der Waals surface area (Å²) in [5.41, 5.74) is 1.97. The summed E-state index contributed by atoms with van der Waals surface area (Å²) in [5.74, 6) is 0. The minimum absolute atomic E-state index is 0.245. The van der Waals surface area contributed by atoms with Crippen molar-refractivity contribution in [2.24, 2.45) is 0 Å². The smallest absolute Gasteiger partial charge is 0.483 e. The fourth-order valence-corrected chi connectivity index (χ4v) is 2.20. The molecular formula is C17H27BO4. The zero-order valence-electron chi connectivity index (χ0n) is 14.3. The van der Waals surface area contributed by atoms with E-state index >= 15 is 0 Å². The zero-order chi connectivity index (χ0) is 16.8. The molecule has 0 saturated carbocycles. The summed E-state index contributed by atoms with van der Waals surface area (Å²) < 4.78 is 12.1. The average molecular weight is 306 g/mol. The van der Waals surface area contributed by atoms with Crippen molar-refractivity contribution in [1.82, 2.24) is 0 Å². The first-order chi connectivity index (χ1) is 10.3. The van der Waals surface area contributed by atoms with E-state index in [1.807, 2.05) is 0 Å². The maximum atomic E-state index is 8.36. The van der Waals surface area contributed by atoms with Gasteiger partial charge in [0, 0.05) is 0 Å².